The van der Waals surface area contributed by atoms with E-state index in [0.29, 0.717) is 18.8 Å². The molecule has 2 saturated heterocycles. The lowest BCUT2D eigenvalue weighted by atomic mass is 9.72. The Hall–Kier alpha value is -1.65. The normalized spacial score (nSPS) is 31.9. The summed E-state index contributed by atoms with van der Waals surface area (Å²) < 4.78 is 11.9. The molecule has 4 nitrogen and oxygen atoms in total. The maximum atomic E-state index is 13.6. The predicted octanol–water partition coefficient (Wildman–Crippen LogP) is 4.17. The Kier molecular flexibility index (Phi) is 4.68. The van der Waals surface area contributed by atoms with Gasteiger partial charge in [0.05, 0.1) is 30.1 Å². The number of Topliss-reactive ketones (excluding diaryl/α,β-unsaturated/α-hetero) is 1. The maximum absolute atomic E-state index is 13.6. The number of ether oxygens (including phenoxy) is 2. The van der Waals surface area contributed by atoms with Crippen molar-refractivity contribution in [3.63, 3.8) is 0 Å². The molecule has 1 aromatic rings. The average Bonchev–Trinajstić information content (AvgIpc) is 3.30. The Labute approximate surface area is 161 Å². The van der Waals surface area contributed by atoms with E-state index in [0.717, 1.165) is 42.4 Å². The first kappa shape index (κ1) is 18.7. The van der Waals surface area contributed by atoms with Crippen molar-refractivity contribution in [2.75, 3.05) is 13.2 Å². The minimum absolute atomic E-state index is 0.0488. The first-order valence-corrected chi connectivity index (χ1v) is 10.3. The molecule has 4 atom stereocenters. The Morgan fingerprint density at radius 3 is 2.48 bits per heavy atom. The fourth-order valence-corrected chi connectivity index (χ4v) is 5.56. The van der Waals surface area contributed by atoms with Crippen LogP contribution < -0.4 is 0 Å². The number of rotatable bonds is 6. The van der Waals surface area contributed by atoms with Gasteiger partial charge in [-0.2, -0.15) is 0 Å². The zero-order chi connectivity index (χ0) is 19.3. The molecule has 2 aliphatic heterocycles. The fourth-order valence-electron chi connectivity index (χ4n) is 5.56. The zero-order valence-corrected chi connectivity index (χ0v) is 16.8. The first-order valence-electron chi connectivity index (χ1n) is 10.3. The first-order chi connectivity index (χ1) is 13.0. The number of aliphatic hydroxyl groups is 1. The number of benzene rings is 1. The van der Waals surface area contributed by atoms with Crippen molar-refractivity contribution < 1.29 is 19.4 Å². The van der Waals surface area contributed by atoms with Crippen LogP contribution in [0.4, 0.5) is 0 Å². The van der Waals surface area contributed by atoms with Crippen molar-refractivity contribution in [2.45, 2.75) is 65.1 Å². The van der Waals surface area contributed by atoms with Crippen LogP contribution in [-0.2, 0) is 27.1 Å². The Balaban J connectivity index is 1.82. The van der Waals surface area contributed by atoms with Gasteiger partial charge in [-0.1, -0.05) is 31.5 Å². The van der Waals surface area contributed by atoms with Gasteiger partial charge in [0.1, 0.15) is 11.4 Å². The molecule has 2 bridgehead atoms. The van der Waals surface area contributed by atoms with Crippen LogP contribution in [0.25, 0.3) is 5.57 Å². The summed E-state index contributed by atoms with van der Waals surface area (Å²) in [5.74, 6) is -0.222. The SMILES string of the molecule is CCOC[C@]12CC[C@H](O1)[C@@H]1C(O)=C(c3c(CC)cc(C)cc3CC)C(=O)[C@@H]12. The molecule has 1 aliphatic carbocycles. The van der Waals surface area contributed by atoms with E-state index >= 15 is 0 Å². The lowest BCUT2D eigenvalue weighted by Gasteiger charge is -2.31. The van der Waals surface area contributed by atoms with E-state index in [1.165, 1.54) is 5.56 Å². The molecule has 146 valence electrons. The Bertz CT molecular complexity index is 784. The second-order valence-corrected chi connectivity index (χ2v) is 8.19. The van der Waals surface area contributed by atoms with E-state index < -0.39 is 5.60 Å². The minimum Gasteiger partial charge on any atom is -0.511 e. The van der Waals surface area contributed by atoms with Crippen LogP contribution in [0.3, 0.4) is 0 Å². The molecule has 27 heavy (non-hydrogen) atoms. The molecule has 0 unspecified atom stereocenters. The monoisotopic (exact) mass is 370 g/mol. The smallest absolute Gasteiger partial charge is 0.173 e. The number of aryl methyl sites for hydroxylation is 3. The van der Waals surface area contributed by atoms with E-state index in [4.69, 9.17) is 9.47 Å². The van der Waals surface area contributed by atoms with E-state index in [9.17, 15) is 9.90 Å². The number of hydrogen-bond donors (Lipinski definition) is 1. The summed E-state index contributed by atoms with van der Waals surface area (Å²) in [6.45, 7) is 9.30. The molecule has 3 aliphatic rings. The highest BCUT2D eigenvalue weighted by molar-refractivity contribution is 6.26. The highest BCUT2D eigenvalue weighted by atomic mass is 16.6. The van der Waals surface area contributed by atoms with Gasteiger partial charge in [0, 0.05) is 6.61 Å². The number of carbonyl (C=O) groups is 1. The number of ketones is 1. The number of carbonyl (C=O) groups excluding carboxylic acids is 1. The van der Waals surface area contributed by atoms with E-state index in [1.54, 1.807) is 0 Å². The topological polar surface area (TPSA) is 55.8 Å². The van der Waals surface area contributed by atoms with Crippen molar-refractivity contribution in [2.24, 2.45) is 11.8 Å². The summed E-state index contributed by atoms with van der Waals surface area (Å²) in [5.41, 5.74) is 4.45. The zero-order valence-electron chi connectivity index (χ0n) is 16.8. The summed E-state index contributed by atoms with van der Waals surface area (Å²) in [5, 5.41) is 11.2. The van der Waals surface area contributed by atoms with E-state index in [-0.39, 0.29) is 29.5 Å². The molecule has 0 amide bonds. The van der Waals surface area contributed by atoms with Crippen molar-refractivity contribution in [1.29, 1.82) is 0 Å². The van der Waals surface area contributed by atoms with Crippen molar-refractivity contribution in [1.82, 2.24) is 0 Å². The summed E-state index contributed by atoms with van der Waals surface area (Å²) in [6.07, 6.45) is 3.33. The number of aliphatic hydroxyl groups excluding tert-OH is 1. The van der Waals surface area contributed by atoms with E-state index in [1.807, 2.05) is 6.92 Å². The molecule has 0 saturated carbocycles. The third-order valence-corrected chi connectivity index (χ3v) is 6.67. The predicted molar refractivity (Wildman–Crippen MR) is 105 cm³/mol. The van der Waals surface area contributed by atoms with Gasteiger partial charge in [-0.3, -0.25) is 4.79 Å². The van der Waals surface area contributed by atoms with Gasteiger partial charge in [-0.15, -0.1) is 0 Å². The van der Waals surface area contributed by atoms with E-state index in [2.05, 4.69) is 32.9 Å². The largest absolute Gasteiger partial charge is 0.511 e. The Morgan fingerprint density at radius 1 is 1.22 bits per heavy atom. The molecule has 2 heterocycles. The summed E-state index contributed by atoms with van der Waals surface area (Å²) in [7, 11) is 0. The van der Waals surface area contributed by atoms with Crippen LogP contribution in [0.15, 0.2) is 17.9 Å². The second-order valence-electron chi connectivity index (χ2n) is 8.19. The maximum Gasteiger partial charge on any atom is 0.173 e. The van der Waals surface area contributed by atoms with Crippen LogP contribution in [0, 0.1) is 18.8 Å². The minimum atomic E-state index is -0.568. The fraction of sp³-hybridized carbons (Fsp3) is 0.609. The van der Waals surface area contributed by atoms with Gasteiger partial charge in [-0.05, 0) is 56.2 Å². The second kappa shape index (κ2) is 6.75. The molecule has 2 fully saturated rings. The van der Waals surface area contributed by atoms with Crippen LogP contribution >= 0.6 is 0 Å². The third kappa shape index (κ3) is 2.60. The van der Waals surface area contributed by atoms with Crippen LogP contribution in [-0.4, -0.2) is 35.8 Å². The highest BCUT2D eigenvalue weighted by Crippen LogP contribution is 2.59. The van der Waals surface area contributed by atoms with Crippen LogP contribution in [0.2, 0.25) is 0 Å². The van der Waals surface area contributed by atoms with Gasteiger partial charge in [-0.25, -0.2) is 0 Å². The van der Waals surface area contributed by atoms with Crippen molar-refractivity contribution >= 4 is 11.4 Å². The standard InChI is InChI=1S/C23H30O4/c1-5-14-10-13(4)11-15(6-2)17(14)19-21(24)18-16-8-9-23(27-16,12-26-7-3)20(18)22(19)25/h10-11,16,18,20,24H,5-9,12H2,1-4H3/t16-,18-,20+,23-/m0/s1. The number of allylic oxidation sites excluding steroid dienone is 1. The van der Waals surface area contributed by atoms with Crippen LogP contribution in [0.1, 0.15) is 55.9 Å². The third-order valence-electron chi connectivity index (χ3n) is 6.67. The lowest BCUT2D eigenvalue weighted by molar-refractivity contribution is -0.127. The molecule has 0 spiro atoms. The average molecular weight is 370 g/mol. The molecular formula is C23H30O4. The molecule has 1 N–H and O–H groups in total. The molecular weight excluding hydrogens is 340 g/mol. The lowest BCUT2D eigenvalue weighted by Crippen LogP contribution is -2.44. The molecule has 4 heteroatoms. The van der Waals surface area contributed by atoms with Crippen molar-refractivity contribution in [3.8, 4) is 0 Å². The van der Waals surface area contributed by atoms with Gasteiger partial charge in [0.15, 0.2) is 5.78 Å². The van der Waals surface area contributed by atoms with Gasteiger partial charge >= 0.3 is 0 Å². The quantitative estimate of drug-likeness (QED) is 0.816. The molecule has 1 aromatic carbocycles. The summed E-state index contributed by atoms with van der Waals surface area (Å²) >= 11 is 0. The van der Waals surface area contributed by atoms with Crippen LogP contribution in [0.5, 0.6) is 0 Å². The number of fused-ring (bicyclic) bond motifs is 5. The van der Waals surface area contributed by atoms with Gasteiger partial charge < -0.3 is 14.6 Å². The summed E-state index contributed by atoms with van der Waals surface area (Å²) in [6, 6.07) is 4.30. The van der Waals surface area contributed by atoms with Gasteiger partial charge in [0.25, 0.3) is 0 Å². The number of hydrogen-bond acceptors (Lipinski definition) is 4. The molecule has 4 rings (SSSR count). The summed E-state index contributed by atoms with van der Waals surface area (Å²) in [4.78, 5) is 13.6. The molecule has 0 aromatic heterocycles. The molecule has 0 radical (unpaired) electrons. The highest BCUT2D eigenvalue weighted by Gasteiger charge is 2.67. The Morgan fingerprint density at radius 2 is 1.89 bits per heavy atom. The van der Waals surface area contributed by atoms with Gasteiger partial charge in [0.2, 0.25) is 0 Å². The van der Waals surface area contributed by atoms with Crippen molar-refractivity contribution in [3.05, 3.63) is 40.1 Å².